The number of likely N-dealkylation sites (tertiary alicyclic amines) is 1. The summed E-state index contributed by atoms with van der Waals surface area (Å²) in [6.07, 6.45) is 2.47. The Morgan fingerprint density at radius 3 is 2.25 bits per heavy atom. The lowest BCUT2D eigenvalue weighted by molar-refractivity contribution is -0.139. The van der Waals surface area contributed by atoms with Crippen LogP contribution in [-0.2, 0) is 16.0 Å². The molecule has 0 spiro atoms. The first-order valence-corrected chi connectivity index (χ1v) is 13.9. The van der Waals surface area contributed by atoms with Crippen molar-refractivity contribution in [1.82, 2.24) is 4.90 Å². The SMILES string of the molecule is CCCCOc1ccc(C2/C(=C(\O)c3ccc(OCC)cc3)C(=O)C(=O)N2CCc2ccccc2)cc1OCC. The van der Waals surface area contributed by atoms with Crippen LogP contribution in [0.5, 0.6) is 17.2 Å². The van der Waals surface area contributed by atoms with Gasteiger partial charge in [0.05, 0.1) is 31.4 Å². The Labute approximate surface area is 236 Å². The van der Waals surface area contributed by atoms with Crippen molar-refractivity contribution in [2.24, 2.45) is 0 Å². The summed E-state index contributed by atoms with van der Waals surface area (Å²) in [5, 5.41) is 11.4. The average molecular weight is 544 g/mol. The number of hydrogen-bond acceptors (Lipinski definition) is 6. The molecule has 7 nitrogen and oxygen atoms in total. The van der Waals surface area contributed by atoms with Crippen molar-refractivity contribution in [3.05, 3.63) is 95.1 Å². The van der Waals surface area contributed by atoms with Gasteiger partial charge in [-0.25, -0.2) is 0 Å². The van der Waals surface area contributed by atoms with Gasteiger partial charge in [0.1, 0.15) is 11.5 Å². The molecule has 0 aromatic heterocycles. The van der Waals surface area contributed by atoms with Crippen LogP contribution in [0.3, 0.4) is 0 Å². The number of hydrogen-bond donors (Lipinski definition) is 1. The molecule has 1 heterocycles. The summed E-state index contributed by atoms with van der Waals surface area (Å²) < 4.78 is 17.4. The van der Waals surface area contributed by atoms with Crippen molar-refractivity contribution in [2.75, 3.05) is 26.4 Å². The maximum atomic E-state index is 13.5. The van der Waals surface area contributed by atoms with Crippen molar-refractivity contribution in [1.29, 1.82) is 0 Å². The van der Waals surface area contributed by atoms with Crippen LogP contribution in [0.1, 0.15) is 56.3 Å². The molecule has 0 aliphatic carbocycles. The van der Waals surface area contributed by atoms with Crippen molar-refractivity contribution < 1.29 is 28.9 Å². The second-order valence-electron chi connectivity index (χ2n) is 9.53. The van der Waals surface area contributed by atoms with Gasteiger partial charge < -0.3 is 24.2 Å². The van der Waals surface area contributed by atoms with Gasteiger partial charge in [0.25, 0.3) is 11.7 Å². The predicted molar refractivity (Wildman–Crippen MR) is 155 cm³/mol. The Bertz CT molecular complexity index is 1330. The van der Waals surface area contributed by atoms with E-state index in [1.54, 1.807) is 24.3 Å². The molecule has 3 aromatic carbocycles. The summed E-state index contributed by atoms with van der Waals surface area (Å²) in [4.78, 5) is 28.4. The number of carbonyl (C=O) groups excluding carboxylic acids is 2. The van der Waals surface area contributed by atoms with E-state index >= 15 is 0 Å². The molecule has 1 atom stereocenters. The summed E-state index contributed by atoms with van der Waals surface area (Å²) >= 11 is 0. The summed E-state index contributed by atoms with van der Waals surface area (Å²) in [6.45, 7) is 7.67. The molecule has 1 unspecified atom stereocenters. The van der Waals surface area contributed by atoms with E-state index in [0.29, 0.717) is 61.2 Å². The maximum absolute atomic E-state index is 13.5. The number of ether oxygens (including phenoxy) is 3. The zero-order valence-corrected chi connectivity index (χ0v) is 23.4. The van der Waals surface area contributed by atoms with Crippen LogP contribution >= 0.6 is 0 Å². The quantitative estimate of drug-likeness (QED) is 0.117. The second-order valence-corrected chi connectivity index (χ2v) is 9.53. The lowest BCUT2D eigenvalue weighted by Crippen LogP contribution is -2.31. The zero-order chi connectivity index (χ0) is 28.5. The number of carbonyl (C=O) groups is 2. The Hall–Kier alpha value is -4.26. The Morgan fingerprint density at radius 1 is 0.850 bits per heavy atom. The van der Waals surface area contributed by atoms with Gasteiger partial charge >= 0.3 is 0 Å². The third kappa shape index (κ3) is 6.47. The minimum absolute atomic E-state index is 0.0457. The number of ketones is 1. The fraction of sp³-hybridized carbons (Fsp3) is 0.333. The van der Waals surface area contributed by atoms with Crippen LogP contribution in [0.25, 0.3) is 5.76 Å². The zero-order valence-electron chi connectivity index (χ0n) is 23.4. The van der Waals surface area contributed by atoms with E-state index in [1.165, 1.54) is 4.90 Å². The molecule has 3 aromatic rings. The number of Topliss-reactive ketones (excluding diaryl/α,β-unsaturated/α-hetero) is 1. The largest absolute Gasteiger partial charge is 0.507 e. The number of unbranched alkanes of at least 4 members (excludes halogenated alkanes) is 1. The lowest BCUT2D eigenvalue weighted by atomic mass is 9.94. The second kappa shape index (κ2) is 13.7. The average Bonchev–Trinajstić information content (AvgIpc) is 3.23. The van der Waals surface area contributed by atoms with Crippen molar-refractivity contribution in [2.45, 2.75) is 46.1 Å². The summed E-state index contributed by atoms with van der Waals surface area (Å²) in [6, 6.07) is 21.3. The van der Waals surface area contributed by atoms with Crippen LogP contribution < -0.4 is 14.2 Å². The van der Waals surface area contributed by atoms with Gasteiger partial charge in [-0.05, 0) is 74.2 Å². The van der Waals surface area contributed by atoms with E-state index in [-0.39, 0.29) is 11.3 Å². The smallest absolute Gasteiger partial charge is 0.295 e. The van der Waals surface area contributed by atoms with E-state index in [0.717, 1.165) is 18.4 Å². The van der Waals surface area contributed by atoms with Crippen LogP contribution in [-0.4, -0.2) is 48.1 Å². The number of aliphatic hydroxyl groups excluding tert-OH is 1. The monoisotopic (exact) mass is 543 g/mol. The number of nitrogens with zero attached hydrogens (tertiary/aromatic N) is 1. The summed E-state index contributed by atoms with van der Waals surface area (Å²) in [5.41, 5.74) is 2.18. The van der Waals surface area contributed by atoms with Gasteiger partial charge in [0.15, 0.2) is 11.5 Å². The van der Waals surface area contributed by atoms with E-state index in [9.17, 15) is 14.7 Å². The molecule has 4 rings (SSSR count). The number of amides is 1. The highest BCUT2D eigenvalue weighted by Gasteiger charge is 2.46. The number of benzene rings is 3. The molecule has 0 radical (unpaired) electrons. The fourth-order valence-electron chi connectivity index (χ4n) is 4.79. The molecule has 40 heavy (non-hydrogen) atoms. The molecule has 1 aliphatic heterocycles. The first-order chi connectivity index (χ1) is 19.5. The topological polar surface area (TPSA) is 85.3 Å². The Balaban J connectivity index is 1.78. The van der Waals surface area contributed by atoms with Gasteiger partial charge in [-0.1, -0.05) is 49.7 Å². The van der Waals surface area contributed by atoms with Crippen LogP contribution in [0.2, 0.25) is 0 Å². The van der Waals surface area contributed by atoms with Gasteiger partial charge in [-0.2, -0.15) is 0 Å². The third-order valence-corrected chi connectivity index (χ3v) is 6.80. The predicted octanol–water partition coefficient (Wildman–Crippen LogP) is 6.33. The lowest BCUT2D eigenvalue weighted by Gasteiger charge is -2.26. The highest BCUT2D eigenvalue weighted by Crippen LogP contribution is 2.42. The minimum Gasteiger partial charge on any atom is -0.507 e. The molecule has 1 amide bonds. The molecular weight excluding hydrogens is 506 g/mol. The minimum atomic E-state index is -0.792. The third-order valence-electron chi connectivity index (χ3n) is 6.80. The molecule has 0 bridgehead atoms. The van der Waals surface area contributed by atoms with Crippen LogP contribution in [0, 0.1) is 0 Å². The molecule has 1 N–H and O–H groups in total. The molecule has 210 valence electrons. The normalized spacial score (nSPS) is 16.3. The highest BCUT2D eigenvalue weighted by atomic mass is 16.5. The molecule has 1 aliphatic rings. The van der Waals surface area contributed by atoms with Crippen LogP contribution in [0.15, 0.2) is 78.4 Å². The molecule has 1 saturated heterocycles. The molecule has 1 fully saturated rings. The summed E-state index contributed by atoms with van der Waals surface area (Å²) in [5.74, 6) is 0.201. The van der Waals surface area contributed by atoms with E-state index in [4.69, 9.17) is 14.2 Å². The number of rotatable bonds is 13. The standard InChI is InChI=1S/C33H37NO6/c1-4-7-21-40-27-18-15-25(22-28(27)39-6-3)30-29(31(35)24-13-16-26(17-14-24)38-5-2)32(36)33(37)34(30)20-19-23-11-9-8-10-12-23/h8-18,22,30,35H,4-7,19-21H2,1-3H3/b31-29+. The Morgan fingerprint density at radius 2 is 1.57 bits per heavy atom. The van der Waals surface area contributed by atoms with Crippen molar-refractivity contribution in [3.63, 3.8) is 0 Å². The number of aliphatic hydroxyl groups is 1. The molecule has 7 heteroatoms. The van der Waals surface area contributed by atoms with Gasteiger partial charge in [-0.3, -0.25) is 9.59 Å². The van der Waals surface area contributed by atoms with E-state index < -0.39 is 17.7 Å². The van der Waals surface area contributed by atoms with Gasteiger partial charge in [0, 0.05) is 12.1 Å². The maximum Gasteiger partial charge on any atom is 0.295 e. The molecular formula is C33H37NO6. The highest BCUT2D eigenvalue weighted by molar-refractivity contribution is 6.46. The van der Waals surface area contributed by atoms with Crippen molar-refractivity contribution in [3.8, 4) is 17.2 Å². The first-order valence-electron chi connectivity index (χ1n) is 13.9. The van der Waals surface area contributed by atoms with E-state index in [2.05, 4.69) is 6.92 Å². The fourth-order valence-corrected chi connectivity index (χ4v) is 4.79. The molecule has 0 saturated carbocycles. The van der Waals surface area contributed by atoms with Crippen molar-refractivity contribution >= 4 is 17.4 Å². The van der Waals surface area contributed by atoms with Gasteiger partial charge in [0.2, 0.25) is 0 Å². The van der Waals surface area contributed by atoms with Gasteiger partial charge in [-0.15, -0.1) is 0 Å². The first kappa shape index (κ1) is 28.7. The summed E-state index contributed by atoms with van der Waals surface area (Å²) in [7, 11) is 0. The Kier molecular flexibility index (Phi) is 9.84. The van der Waals surface area contributed by atoms with E-state index in [1.807, 2.05) is 62.4 Å². The van der Waals surface area contributed by atoms with Crippen LogP contribution in [0.4, 0.5) is 0 Å².